The summed E-state index contributed by atoms with van der Waals surface area (Å²) < 4.78 is 12.5. The summed E-state index contributed by atoms with van der Waals surface area (Å²) in [5.41, 5.74) is 7.88. The maximum absolute atomic E-state index is 6.25. The maximum atomic E-state index is 6.25. The number of rotatable bonds is 0. The van der Waals surface area contributed by atoms with E-state index in [1.807, 2.05) is 0 Å². The molecule has 0 saturated carbocycles. The molecule has 0 saturated heterocycles. The van der Waals surface area contributed by atoms with Gasteiger partial charge in [-0.3, -0.25) is 0 Å². The molecule has 3 heterocycles. The third kappa shape index (κ3) is 2.41. The molecule has 2 aromatic carbocycles. The van der Waals surface area contributed by atoms with E-state index >= 15 is 0 Å². The smallest absolute Gasteiger partial charge is 0.241 e. The van der Waals surface area contributed by atoms with E-state index in [0.717, 1.165) is 30.8 Å². The fourth-order valence-corrected chi connectivity index (χ4v) is 3.77. The summed E-state index contributed by atoms with van der Waals surface area (Å²) in [5.74, 6) is 2.37. The zero-order valence-corrected chi connectivity index (χ0v) is 14.4. The zero-order valence-electron chi connectivity index (χ0n) is 14.4. The normalized spacial score (nSPS) is 22.1. The minimum absolute atomic E-state index is 0.182. The third-order valence-corrected chi connectivity index (χ3v) is 5.45. The fourth-order valence-electron chi connectivity index (χ4n) is 3.77. The molecule has 3 aliphatic rings. The first-order chi connectivity index (χ1) is 11.0. The van der Waals surface area contributed by atoms with Crippen molar-refractivity contribution < 1.29 is 9.47 Å². The van der Waals surface area contributed by atoms with E-state index in [0.29, 0.717) is 5.92 Å². The average molecular weight is 308 g/mol. The minimum Gasteiger partial charge on any atom is -0.455 e. The van der Waals surface area contributed by atoms with Crippen LogP contribution in [0.15, 0.2) is 24.3 Å². The fraction of sp³-hybridized carbons (Fsp3) is 0.429. The van der Waals surface area contributed by atoms with E-state index in [2.05, 4.69) is 52.0 Å². The highest BCUT2D eigenvalue weighted by Crippen LogP contribution is 2.46. The van der Waals surface area contributed by atoms with Gasteiger partial charge < -0.3 is 9.47 Å². The summed E-state index contributed by atoms with van der Waals surface area (Å²) in [7, 11) is 0. The zero-order chi connectivity index (χ0) is 16.1. The predicted octanol–water partition coefficient (Wildman–Crippen LogP) is 5.33. The van der Waals surface area contributed by atoms with Crippen molar-refractivity contribution in [2.24, 2.45) is 0 Å². The molecule has 3 aliphatic heterocycles. The second-order valence-electron chi connectivity index (χ2n) is 7.10. The second-order valence-corrected chi connectivity index (χ2v) is 7.10. The number of ether oxygens (including phenoxy) is 2. The Hall–Kier alpha value is -1.96. The molecular formula is C21H24O2. The van der Waals surface area contributed by atoms with Crippen LogP contribution >= 0.6 is 0 Å². The van der Waals surface area contributed by atoms with Crippen molar-refractivity contribution in [3.63, 3.8) is 0 Å². The number of hydrogen-bond donors (Lipinski definition) is 0. The van der Waals surface area contributed by atoms with Gasteiger partial charge in [-0.2, -0.15) is 0 Å². The Balaban J connectivity index is 1.97. The van der Waals surface area contributed by atoms with Crippen LogP contribution in [-0.4, -0.2) is 6.29 Å². The SMILES string of the molecule is Cc1cc2c(cc1C)C1CCCC(O2)Oc2cc(C)c(C)cc21. The molecule has 5 rings (SSSR count). The summed E-state index contributed by atoms with van der Waals surface area (Å²) in [6, 6.07) is 9.01. The molecule has 0 atom stereocenters. The first kappa shape index (κ1) is 14.6. The summed E-state index contributed by atoms with van der Waals surface area (Å²) in [4.78, 5) is 0. The van der Waals surface area contributed by atoms with Gasteiger partial charge in [0.1, 0.15) is 11.5 Å². The standard InChI is InChI=1S/C21H24O2/c1-12-8-17-16-6-5-7-21(22-19(17)10-14(12)3)23-20-11-15(4)13(2)9-18(16)20/h8-11,16,21H,5-7H2,1-4H3. The van der Waals surface area contributed by atoms with Crippen molar-refractivity contribution in [1.29, 1.82) is 0 Å². The topological polar surface area (TPSA) is 18.5 Å². The van der Waals surface area contributed by atoms with Crippen molar-refractivity contribution in [2.45, 2.75) is 59.2 Å². The molecule has 0 N–H and O–H groups in total. The lowest BCUT2D eigenvalue weighted by Gasteiger charge is -2.34. The highest BCUT2D eigenvalue weighted by Gasteiger charge is 2.31. The molecule has 23 heavy (non-hydrogen) atoms. The Morgan fingerprint density at radius 2 is 1.17 bits per heavy atom. The van der Waals surface area contributed by atoms with Gasteiger partial charge in [0.05, 0.1) is 0 Å². The Morgan fingerprint density at radius 1 is 0.696 bits per heavy atom. The molecule has 2 aromatic rings. The van der Waals surface area contributed by atoms with Crippen LogP contribution in [0.5, 0.6) is 11.5 Å². The van der Waals surface area contributed by atoms with Crippen LogP contribution in [0, 0.1) is 27.7 Å². The molecule has 2 heteroatoms. The summed E-state index contributed by atoms with van der Waals surface area (Å²) in [6.07, 6.45) is 3.07. The van der Waals surface area contributed by atoms with E-state index in [9.17, 15) is 0 Å². The lowest BCUT2D eigenvalue weighted by atomic mass is 9.82. The summed E-state index contributed by atoms with van der Waals surface area (Å²) >= 11 is 0. The molecular weight excluding hydrogens is 284 g/mol. The maximum Gasteiger partial charge on any atom is 0.241 e. The third-order valence-electron chi connectivity index (χ3n) is 5.45. The van der Waals surface area contributed by atoms with Gasteiger partial charge >= 0.3 is 0 Å². The first-order valence-corrected chi connectivity index (χ1v) is 8.58. The van der Waals surface area contributed by atoms with Gasteiger partial charge in [0.2, 0.25) is 6.29 Å². The van der Waals surface area contributed by atoms with Gasteiger partial charge in [0, 0.05) is 23.5 Å². The van der Waals surface area contributed by atoms with Crippen molar-refractivity contribution in [3.05, 3.63) is 57.6 Å². The molecule has 0 unspecified atom stereocenters. The summed E-state index contributed by atoms with van der Waals surface area (Å²) in [5, 5.41) is 0. The molecule has 0 radical (unpaired) electrons. The number of fused-ring (bicyclic) bond motifs is 2. The molecule has 0 spiro atoms. The van der Waals surface area contributed by atoms with Crippen molar-refractivity contribution in [2.75, 3.05) is 0 Å². The van der Waals surface area contributed by atoms with Gasteiger partial charge in [-0.1, -0.05) is 12.1 Å². The monoisotopic (exact) mass is 308 g/mol. The number of hydrogen-bond acceptors (Lipinski definition) is 2. The molecule has 120 valence electrons. The minimum atomic E-state index is -0.182. The molecule has 2 bridgehead atoms. The number of benzene rings is 2. The first-order valence-electron chi connectivity index (χ1n) is 8.58. The largest absolute Gasteiger partial charge is 0.455 e. The summed E-state index contributed by atoms with van der Waals surface area (Å²) in [6.45, 7) is 8.67. The molecule has 0 amide bonds. The Bertz CT molecular complexity index is 714. The van der Waals surface area contributed by atoms with E-state index in [4.69, 9.17) is 9.47 Å². The Morgan fingerprint density at radius 3 is 1.70 bits per heavy atom. The van der Waals surface area contributed by atoms with Gasteiger partial charge in [0.15, 0.2) is 0 Å². The molecule has 0 aromatic heterocycles. The predicted molar refractivity (Wildman–Crippen MR) is 92.6 cm³/mol. The van der Waals surface area contributed by atoms with Crippen molar-refractivity contribution >= 4 is 0 Å². The lowest BCUT2D eigenvalue weighted by molar-refractivity contribution is -0.0113. The van der Waals surface area contributed by atoms with Crippen LogP contribution in [0.3, 0.4) is 0 Å². The van der Waals surface area contributed by atoms with Gasteiger partial charge in [0.25, 0.3) is 0 Å². The molecule has 0 fully saturated rings. The van der Waals surface area contributed by atoms with Gasteiger partial charge in [-0.05, 0) is 74.9 Å². The van der Waals surface area contributed by atoms with E-state index in [-0.39, 0.29) is 6.29 Å². The van der Waals surface area contributed by atoms with E-state index in [1.54, 1.807) is 0 Å². The second kappa shape index (κ2) is 5.30. The average Bonchev–Trinajstić information content (AvgIpc) is 2.47. The van der Waals surface area contributed by atoms with Crippen molar-refractivity contribution in [3.8, 4) is 11.5 Å². The highest BCUT2D eigenvalue weighted by atomic mass is 16.7. The molecule has 2 nitrogen and oxygen atoms in total. The van der Waals surface area contributed by atoms with Crippen LogP contribution < -0.4 is 9.47 Å². The lowest BCUT2D eigenvalue weighted by Crippen LogP contribution is -2.30. The van der Waals surface area contributed by atoms with E-state index < -0.39 is 0 Å². The molecule has 0 aliphatic carbocycles. The Kier molecular flexibility index (Phi) is 3.37. The van der Waals surface area contributed by atoms with Crippen LogP contribution in [-0.2, 0) is 0 Å². The number of aryl methyl sites for hydroxylation is 4. The van der Waals surface area contributed by atoms with Crippen molar-refractivity contribution in [1.82, 2.24) is 0 Å². The quantitative estimate of drug-likeness (QED) is 0.654. The van der Waals surface area contributed by atoms with Crippen LogP contribution in [0.4, 0.5) is 0 Å². The van der Waals surface area contributed by atoms with E-state index in [1.165, 1.54) is 33.4 Å². The highest BCUT2D eigenvalue weighted by molar-refractivity contribution is 5.53. The van der Waals surface area contributed by atoms with Crippen LogP contribution in [0.1, 0.15) is 58.6 Å². The van der Waals surface area contributed by atoms with Gasteiger partial charge in [-0.15, -0.1) is 0 Å². The van der Waals surface area contributed by atoms with Crippen LogP contribution in [0.2, 0.25) is 0 Å². The Labute approximate surface area is 138 Å². The van der Waals surface area contributed by atoms with Crippen LogP contribution in [0.25, 0.3) is 0 Å². The van der Waals surface area contributed by atoms with Gasteiger partial charge in [-0.25, -0.2) is 0 Å².